The number of nitrogens with one attached hydrogen (secondary N) is 1. The smallest absolute Gasteiger partial charge is 0.263 e. The first-order valence-corrected chi connectivity index (χ1v) is 12.5. The second kappa shape index (κ2) is 10.6. The lowest BCUT2D eigenvalue weighted by molar-refractivity contribution is -0.113. The maximum absolute atomic E-state index is 13.4. The predicted molar refractivity (Wildman–Crippen MR) is 131 cm³/mol. The number of hydrogen-bond donors (Lipinski definition) is 1. The number of carbonyl (C=O) groups excluding carboxylic acids is 1. The Morgan fingerprint density at radius 2 is 2.03 bits per heavy atom. The number of benzene rings is 1. The number of methoxy groups -OCH3 is 3. The Hall–Kier alpha value is -2.56. The van der Waals surface area contributed by atoms with E-state index in [0.717, 1.165) is 41.5 Å². The average molecular weight is 490 g/mol. The van der Waals surface area contributed by atoms with Gasteiger partial charge >= 0.3 is 0 Å². The van der Waals surface area contributed by atoms with E-state index >= 15 is 0 Å². The van der Waals surface area contributed by atoms with Crippen molar-refractivity contribution >= 4 is 44.9 Å². The summed E-state index contributed by atoms with van der Waals surface area (Å²) in [6.45, 7) is 0.779. The monoisotopic (exact) mass is 489 g/mol. The third kappa shape index (κ3) is 5.02. The van der Waals surface area contributed by atoms with E-state index in [1.165, 1.54) is 23.7 Å². The molecule has 1 aromatic carbocycles. The number of carbonyl (C=O) groups is 1. The number of rotatable bonds is 9. The fourth-order valence-corrected chi connectivity index (χ4v) is 6.06. The van der Waals surface area contributed by atoms with Gasteiger partial charge in [0.2, 0.25) is 5.91 Å². The molecule has 0 unspecified atom stereocenters. The van der Waals surface area contributed by atoms with Crippen molar-refractivity contribution in [3.05, 3.63) is 39.0 Å². The van der Waals surface area contributed by atoms with Gasteiger partial charge in [-0.1, -0.05) is 11.8 Å². The second-order valence-electron chi connectivity index (χ2n) is 7.64. The lowest BCUT2D eigenvalue weighted by atomic mass is 9.97. The predicted octanol–water partition coefficient (Wildman–Crippen LogP) is 3.73. The molecule has 0 bridgehead atoms. The zero-order valence-electron chi connectivity index (χ0n) is 18.9. The molecular formula is C23H27N3O5S2. The van der Waals surface area contributed by atoms with Gasteiger partial charge in [0.25, 0.3) is 5.56 Å². The lowest BCUT2D eigenvalue weighted by Crippen LogP contribution is -2.26. The van der Waals surface area contributed by atoms with Crippen molar-refractivity contribution in [3.63, 3.8) is 0 Å². The van der Waals surface area contributed by atoms with E-state index in [2.05, 4.69) is 5.32 Å². The highest BCUT2D eigenvalue weighted by Gasteiger charge is 2.22. The van der Waals surface area contributed by atoms with Gasteiger partial charge in [-0.05, 0) is 43.4 Å². The largest absolute Gasteiger partial charge is 0.497 e. The molecule has 2 heterocycles. The molecular weight excluding hydrogens is 462 g/mol. The van der Waals surface area contributed by atoms with Gasteiger partial charge in [-0.15, -0.1) is 11.3 Å². The molecule has 1 amide bonds. The van der Waals surface area contributed by atoms with Crippen LogP contribution in [0.1, 0.15) is 23.3 Å². The normalized spacial score (nSPS) is 13.1. The van der Waals surface area contributed by atoms with E-state index in [4.69, 9.17) is 19.2 Å². The number of thioether (sulfide) groups is 1. The van der Waals surface area contributed by atoms with Gasteiger partial charge < -0.3 is 19.5 Å². The molecule has 0 aliphatic heterocycles. The molecule has 176 valence electrons. The zero-order valence-corrected chi connectivity index (χ0v) is 20.6. The Morgan fingerprint density at radius 1 is 1.21 bits per heavy atom. The minimum atomic E-state index is -0.221. The number of hydrogen-bond acceptors (Lipinski definition) is 8. The minimum Gasteiger partial charge on any atom is -0.497 e. The van der Waals surface area contributed by atoms with E-state index in [0.29, 0.717) is 35.5 Å². The maximum Gasteiger partial charge on any atom is 0.263 e. The summed E-state index contributed by atoms with van der Waals surface area (Å²) in [5.74, 6) is 1.03. The number of thiophene rings is 1. The first-order valence-electron chi connectivity index (χ1n) is 10.7. The van der Waals surface area contributed by atoms with Gasteiger partial charge in [0.15, 0.2) is 5.16 Å². The van der Waals surface area contributed by atoms with Crippen LogP contribution in [0.2, 0.25) is 0 Å². The molecule has 0 fully saturated rings. The van der Waals surface area contributed by atoms with Crippen LogP contribution in [-0.4, -0.2) is 49.1 Å². The summed E-state index contributed by atoms with van der Waals surface area (Å²) in [5.41, 5.74) is 1.66. The molecule has 1 N–H and O–H groups in total. The summed E-state index contributed by atoms with van der Waals surface area (Å²) < 4.78 is 17.4. The van der Waals surface area contributed by atoms with E-state index in [1.807, 2.05) is 0 Å². The molecule has 2 aromatic heterocycles. The molecule has 1 aliphatic rings. The molecule has 33 heavy (non-hydrogen) atoms. The van der Waals surface area contributed by atoms with Crippen molar-refractivity contribution in [1.82, 2.24) is 9.55 Å². The number of amides is 1. The van der Waals surface area contributed by atoms with E-state index < -0.39 is 0 Å². The van der Waals surface area contributed by atoms with Crippen LogP contribution in [0, 0.1) is 0 Å². The van der Waals surface area contributed by atoms with Gasteiger partial charge in [0, 0.05) is 18.1 Å². The summed E-state index contributed by atoms with van der Waals surface area (Å²) in [6.07, 6.45) is 4.17. The SMILES string of the molecule is COCCn1c(SCC(=O)Nc2ccc(OC)cc2OC)nc2sc3c(c2c1=O)CCCC3. The second-order valence-corrected chi connectivity index (χ2v) is 9.66. The van der Waals surface area contributed by atoms with Crippen LogP contribution >= 0.6 is 23.1 Å². The van der Waals surface area contributed by atoms with E-state index in [1.54, 1.807) is 48.3 Å². The highest BCUT2D eigenvalue weighted by molar-refractivity contribution is 7.99. The fourth-order valence-electron chi connectivity index (χ4n) is 3.93. The number of fused-ring (bicyclic) bond motifs is 3. The number of nitrogens with zero attached hydrogens (tertiary/aromatic N) is 2. The minimum absolute atomic E-state index is 0.0452. The third-order valence-corrected chi connectivity index (χ3v) is 7.74. The quantitative estimate of drug-likeness (QED) is 0.362. The van der Waals surface area contributed by atoms with Gasteiger partial charge in [-0.3, -0.25) is 14.2 Å². The van der Waals surface area contributed by atoms with Crippen molar-refractivity contribution in [2.45, 2.75) is 37.4 Å². The standard InChI is InChI=1S/C23H27N3O5S2/c1-29-11-10-26-22(28)20-15-6-4-5-7-18(15)33-21(20)25-23(26)32-13-19(27)24-16-9-8-14(30-2)12-17(16)31-3/h8-9,12H,4-7,10-11,13H2,1-3H3,(H,24,27). The molecule has 0 saturated heterocycles. The molecule has 1 aliphatic carbocycles. The molecule has 3 aromatic rings. The summed E-state index contributed by atoms with van der Waals surface area (Å²) >= 11 is 2.85. The van der Waals surface area contributed by atoms with Crippen LogP contribution in [0.4, 0.5) is 5.69 Å². The molecule has 0 atom stereocenters. The van der Waals surface area contributed by atoms with Crippen LogP contribution in [0.15, 0.2) is 28.2 Å². The van der Waals surface area contributed by atoms with Crippen LogP contribution in [0.25, 0.3) is 10.2 Å². The number of aromatic nitrogens is 2. The highest BCUT2D eigenvalue weighted by atomic mass is 32.2. The Morgan fingerprint density at radius 3 is 2.79 bits per heavy atom. The Labute approximate surface area is 200 Å². The maximum atomic E-state index is 13.4. The number of anilines is 1. The lowest BCUT2D eigenvalue weighted by Gasteiger charge is -2.14. The zero-order chi connectivity index (χ0) is 23.4. The summed E-state index contributed by atoms with van der Waals surface area (Å²) in [4.78, 5) is 32.9. The summed E-state index contributed by atoms with van der Waals surface area (Å²) in [6, 6.07) is 5.19. The van der Waals surface area contributed by atoms with Crippen molar-refractivity contribution in [3.8, 4) is 11.5 Å². The van der Waals surface area contributed by atoms with Gasteiger partial charge in [0.1, 0.15) is 16.3 Å². The van der Waals surface area contributed by atoms with E-state index in [9.17, 15) is 9.59 Å². The molecule has 8 nitrogen and oxygen atoms in total. The fraction of sp³-hybridized carbons (Fsp3) is 0.435. The van der Waals surface area contributed by atoms with Crippen LogP contribution in [-0.2, 0) is 28.9 Å². The molecule has 10 heteroatoms. The number of aryl methyl sites for hydroxylation is 2. The average Bonchev–Trinajstić information content (AvgIpc) is 3.21. The Kier molecular flexibility index (Phi) is 7.56. The molecule has 0 radical (unpaired) electrons. The first kappa shape index (κ1) is 23.6. The van der Waals surface area contributed by atoms with Crippen molar-refractivity contribution in [2.75, 3.05) is 39.0 Å². The molecule has 4 rings (SSSR count). The molecule has 0 saturated carbocycles. The molecule has 0 spiro atoms. The van der Waals surface area contributed by atoms with Crippen LogP contribution < -0.4 is 20.3 Å². The topological polar surface area (TPSA) is 91.7 Å². The van der Waals surface area contributed by atoms with Crippen molar-refractivity contribution < 1.29 is 19.0 Å². The Bertz CT molecular complexity index is 1220. The number of ether oxygens (including phenoxy) is 3. The van der Waals surface area contributed by atoms with Crippen LogP contribution in [0.3, 0.4) is 0 Å². The van der Waals surface area contributed by atoms with Gasteiger partial charge in [-0.2, -0.15) is 0 Å². The third-order valence-electron chi connectivity index (χ3n) is 5.57. The van der Waals surface area contributed by atoms with E-state index in [-0.39, 0.29) is 17.2 Å². The summed E-state index contributed by atoms with van der Waals surface area (Å²) in [5, 5.41) is 4.13. The van der Waals surface area contributed by atoms with Gasteiger partial charge in [-0.25, -0.2) is 4.98 Å². The van der Waals surface area contributed by atoms with Crippen LogP contribution in [0.5, 0.6) is 11.5 Å². The summed E-state index contributed by atoms with van der Waals surface area (Å²) in [7, 11) is 4.71. The Balaban J connectivity index is 1.57. The van der Waals surface area contributed by atoms with Gasteiger partial charge in [0.05, 0.1) is 44.2 Å². The van der Waals surface area contributed by atoms with Crippen molar-refractivity contribution in [2.24, 2.45) is 0 Å². The van der Waals surface area contributed by atoms with Crippen molar-refractivity contribution in [1.29, 1.82) is 0 Å². The highest BCUT2D eigenvalue weighted by Crippen LogP contribution is 2.35. The first-order chi connectivity index (χ1) is 16.0.